The third-order valence-corrected chi connectivity index (χ3v) is 2.11. The first-order valence-corrected chi connectivity index (χ1v) is 4.75. The fourth-order valence-electron chi connectivity index (χ4n) is 1.22. The maximum absolute atomic E-state index is 11.8. The summed E-state index contributed by atoms with van der Waals surface area (Å²) in [5.74, 6) is -0.0423. The predicted molar refractivity (Wildman–Crippen MR) is 66.9 cm³/mol. The minimum Gasteiger partial charge on any atom is -0.399 e. The second-order valence-electron chi connectivity index (χ2n) is 3.34. The Bertz CT molecular complexity index is 345. The molecule has 0 atom stereocenters. The second kappa shape index (κ2) is 7.09. The molecule has 0 heterocycles. The molecule has 0 aromatic heterocycles. The van der Waals surface area contributed by atoms with Crippen molar-refractivity contribution in [3.05, 3.63) is 29.8 Å². The minimum atomic E-state index is -0.0423. The van der Waals surface area contributed by atoms with E-state index < -0.39 is 0 Å². The van der Waals surface area contributed by atoms with Crippen molar-refractivity contribution in [3.8, 4) is 0 Å². The van der Waals surface area contributed by atoms with E-state index in [1.807, 2.05) is 0 Å². The number of halogens is 1. The number of amides is 1. The second-order valence-corrected chi connectivity index (χ2v) is 3.34. The number of hydrogen-bond acceptors (Lipinski definition) is 3. The first-order valence-electron chi connectivity index (χ1n) is 4.75. The van der Waals surface area contributed by atoms with E-state index >= 15 is 0 Å². The van der Waals surface area contributed by atoms with Crippen LogP contribution in [0.15, 0.2) is 24.3 Å². The van der Waals surface area contributed by atoms with Crippen molar-refractivity contribution >= 4 is 24.0 Å². The molecular formula is C11H17ClN2O2. The Kier molecular flexibility index (Phi) is 6.53. The largest absolute Gasteiger partial charge is 0.399 e. The van der Waals surface area contributed by atoms with Crippen molar-refractivity contribution in [2.75, 3.05) is 33.0 Å². The van der Waals surface area contributed by atoms with Gasteiger partial charge in [-0.15, -0.1) is 12.4 Å². The molecule has 1 amide bonds. The van der Waals surface area contributed by atoms with Crippen molar-refractivity contribution in [2.24, 2.45) is 0 Å². The Morgan fingerprint density at radius 1 is 1.50 bits per heavy atom. The fourth-order valence-corrected chi connectivity index (χ4v) is 1.22. The minimum absolute atomic E-state index is 0. The number of ether oxygens (including phenoxy) is 1. The molecule has 0 spiro atoms. The van der Waals surface area contributed by atoms with Crippen LogP contribution in [0.2, 0.25) is 0 Å². The van der Waals surface area contributed by atoms with E-state index in [2.05, 4.69) is 0 Å². The van der Waals surface area contributed by atoms with Crippen LogP contribution in [0, 0.1) is 0 Å². The standard InChI is InChI=1S/C11H16N2O2.ClH/c1-13(6-7-15-2)11(14)9-4-3-5-10(12)8-9;/h3-5,8H,6-7,12H2,1-2H3;1H. The molecular weight excluding hydrogens is 228 g/mol. The Morgan fingerprint density at radius 3 is 2.75 bits per heavy atom. The highest BCUT2D eigenvalue weighted by molar-refractivity contribution is 5.94. The first kappa shape index (κ1) is 14.7. The average Bonchev–Trinajstić information content (AvgIpc) is 2.24. The van der Waals surface area contributed by atoms with E-state index in [1.165, 1.54) is 0 Å². The molecule has 90 valence electrons. The van der Waals surface area contributed by atoms with E-state index in [4.69, 9.17) is 10.5 Å². The zero-order chi connectivity index (χ0) is 11.3. The van der Waals surface area contributed by atoms with Gasteiger partial charge in [-0.2, -0.15) is 0 Å². The van der Waals surface area contributed by atoms with Crippen LogP contribution in [-0.4, -0.2) is 38.1 Å². The number of anilines is 1. The monoisotopic (exact) mass is 244 g/mol. The third-order valence-electron chi connectivity index (χ3n) is 2.11. The van der Waals surface area contributed by atoms with Gasteiger partial charge in [-0.05, 0) is 18.2 Å². The third kappa shape index (κ3) is 4.08. The highest BCUT2D eigenvalue weighted by Gasteiger charge is 2.10. The van der Waals surface area contributed by atoms with Crippen LogP contribution in [0.4, 0.5) is 5.69 Å². The topological polar surface area (TPSA) is 55.6 Å². The SMILES string of the molecule is COCCN(C)C(=O)c1cccc(N)c1.Cl. The molecule has 4 nitrogen and oxygen atoms in total. The number of hydrogen-bond donors (Lipinski definition) is 1. The lowest BCUT2D eigenvalue weighted by molar-refractivity contribution is 0.0744. The van der Waals surface area contributed by atoms with Crippen LogP contribution in [0.1, 0.15) is 10.4 Å². The predicted octanol–water partition coefficient (Wildman–Crippen LogP) is 1.41. The molecule has 0 saturated carbocycles. The van der Waals surface area contributed by atoms with Gasteiger partial charge in [-0.3, -0.25) is 4.79 Å². The lowest BCUT2D eigenvalue weighted by Crippen LogP contribution is -2.29. The fraction of sp³-hybridized carbons (Fsp3) is 0.364. The summed E-state index contributed by atoms with van der Waals surface area (Å²) >= 11 is 0. The highest BCUT2D eigenvalue weighted by atomic mass is 35.5. The number of nitrogen functional groups attached to an aromatic ring is 1. The summed E-state index contributed by atoms with van der Waals surface area (Å²) in [7, 11) is 3.35. The Hall–Kier alpha value is -1.26. The summed E-state index contributed by atoms with van der Waals surface area (Å²) in [4.78, 5) is 13.4. The van der Waals surface area contributed by atoms with E-state index in [0.29, 0.717) is 24.4 Å². The molecule has 0 aliphatic rings. The van der Waals surface area contributed by atoms with Crippen LogP contribution in [-0.2, 0) is 4.74 Å². The number of carbonyl (C=O) groups excluding carboxylic acids is 1. The molecule has 0 radical (unpaired) electrons. The number of benzene rings is 1. The number of carbonyl (C=O) groups is 1. The summed E-state index contributed by atoms with van der Waals surface area (Å²) in [5, 5.41) is 0. The maximum atomic E-state index is 11.8. The number of rotatable bonds is 4. The molecule has 0 saturated heterocycles. The van der Waals surface area contributed by atoms with Crippen LogP contribution < -0.4 is 5.73 Å². The van der Waals surface area contributed by atoms with E-state index in [0.717, 1.165) is 0 Å². The highest BCUT2D eigenvalue weighted by Crippen LogP contribution is 2.08. The van der Waals surface area contributed by atoms with Crippen LogP contribution in [0.25, 0.3) is 0 Å². The van der Waals surface area contributed by atoms with Gasteiger partial charge in [0.15, 0.2) is 0 Å². The van der Waals surface area contributed by atoms with Crippen molar-refractivity contribution in [2.45, 2.75) is 0 Å². The van der Waals surface area contributed by atoms with Crippen molar-refractivity contribution < 1.29 is 9.53 Å². The molecule has 0 aliphatic carbocycles. The summed E-state index contributed by atoms with van der Waals surface area (Å²) < 4.78 is 4.90. The van der Waals surface area contributed by atoms with Crippen molar-refractivity contribution in [3.63, 3.8) is 0 Å². The number of likely N-dealkylation sites (N-methyl/N-ethyl adjacent to an activating group) is 1. The summed E-state index contributed by atoms with van der Waals surface area (Å²) in [5.41, 5.74) is 6.80. The van der Waals surface area contributed by atoms with Gasteiger partial charge in [0.25, 0.3) is 5.91 Å². The molecule has 0 aliphatic heterocycles. The smallest absolute Gasteiger partial charge is 0.253 e. The molecule has 0 bridgehead atoms. The Labute approximate surface area is 102 Å². The van der Waals surface area contributed by atoms with Gasteiger partial charge in [-0.25, -0.2) is 0 Å². The van der Waals surface area contributed by atoms with Gasteiger partial charge >= 0.3 is 0 Å². The number of methoxy groups -OCH3 is 1. The molecule has 1 aromatic rings. The summed E-state index contributed by atoms with van der Waals surface area (Å²) in [6, 6.07) is 6.95. The normalized spacial score (nSPS) is 9.38. The van der Waals surface area contributed by atoms with Gasteiger partial charge in [0.05, 0.1) is 6.61 Å². The lowest BCUT2D eigenvalue weighted by Gasteiger charge is -2.16. The van der Waals surface area contributed by atoms with Gasteiger partial charge in [0.2, 0.25) is 0 Å². The Morgan fingerprint density at radius 2 is 2.19 bits per heavy atom. The van der Waals surface area contributed by atoms with Crippen molar-refractivity contribution in [1.29, 1.82) is 0 Å². The van der Waals surface area contributed by atoms with Gasteiger partial charge in [0, 0.05) is 32.0 Å². The van der Waals surface area contributed by atoms with Crippen LogP contribution >= 0.6 is 12.4 Å². The molecule has 1 aromatic carbocycles. The lowest BCUT2D eigenvalue weighted by atomic mass is 10.2. The molecule has 5 heteroatoms. The number of nitrogens with two attached hydrogens (primary N) is 1. The first-order chi connectivity index (χ1) is 7.15. The zero-order valence-electron chi connectivity index (χ0n) is 9.47. The zero-order valence-corrected chi connectivity index (χ0v) is 10.3. The van der Waals surface area contributed by atoms with Crippen molar-refractivity contribution in [1.82, 2.24) is 4.90 Å². The molecule has 16 heavy (non-hydrogen) atoms. The molecule has 0 fully saturated rings. The van der Waals surface area contributed by atoms with E-state index in [-0.39, 0.29) is 18.3 Å². The summed E-state index contributed by atoms with van der Waals surface area (Å²) in [6.07, 6.45) is 0. The van der Waals surface area contributed by atoms with E-state index in [1.54, 1.807) is 43.3 Å². The molecule has 0 unspecified atom stereocenters. The maximum Gasteiger partial charge on any atom is 0.253 e. The quantitative estimate of drug-likeness (QED) is 0.815. The van der Waals surface area contributed by atoms with E-state index in [9.17, 15) is 4.79 Å². The van der Waals surface area contributed by atoms with Crippen LogP contribution in [0.5, 0.6) is 0 Å². The number of nitrogens with zero attached hydrogens (tertiary/aromatic N) is 1. The van der Waals surface area contributed by atoms with Gasteiger partial charge in [0.1, 0.15) is 0 Å². The van der Waals surface area contributed by atoms with Gasteiger partial charge < -0.3 is 15.4 Å². The van der Waals surface area contributed by atoms with Gasteiger partial charge in [-0.1, -0.05) is 6.07 Å². The molecule has 1 rings (SSSR count). The molecule has 2 N–H and O–H groups in total. The van der Waals surface area contributed by atoms with Crippen LogP contribution in [0.3, 0.4) is 0 Å². The summed E-state index contributed by atoms with van der Waals surface area (Å²) in [6.45, 7) is 1.11. The average molecular weight is 245 g/mol. The Balaban J connectivity index is 0.00000225.